The maximum absolute atomic E-state index is 13.6. The summed E-state index contributed by atoms with van der Waals surface area (Å²) in [6, 6.07) is 33.8. The van der Waals surface area contributed by atoms with Crippen molar-refractivity contribution in [3.05, 3.63) is 172 Å². The van der Waals surface area contributed by atoms with E-state index in [4.69, 9.17) is 9.47 Å². The summed E-state index contributed by atoms with van der Waals surface area (Å²) >= 11 is 0. The number of fused-ring (bicyclic) bond motifs is 2. The van der Waals surface area contributed by atoms with E-state index in [1.54, 1.807) is 42.5 Å². The van der Waals surface area contributed by atoms with Crippen LogP contribution in [0, 0.1) is 6.92 Å². The Morgan fingerprint density at radius 1 is 0.585 bits per heavy atom. The lowest BCUT2D eigenvalue weighted by Crippen LogP contribution is -2.39. The lowest BCUT2D eigenvalue weighted by Gasteiger charge is -2.27. The number of allylic oxidation sites excluding steroid dienone is 1. The van der Waals surface area contributed by atoms with E-state index >= 15 is 0 Å². The minimum Gasteiger partial charge on any atom is -0.458 e. The van der Waals surface area contributed by atoms with Crippen LogP contribution >= 0.6 is 0 Å². The molecule has 0 radical (unpaired) electrons. The van der Waals surface area contributed by atoms with Crippen LogP contribution in [0.1, 0.15) is 78.4 Å². The van der Waals surface area contributed by atoms with E-state index in [-0.39, 0.29) is 29.0 Å². The normalized spacial score (nSPS) is 16.5. The molecular weight excluding hydrogens is 665 g/mol. The van der Waals surface area contributed by atoms with E-state index < -0.39 is 6.04 Å². The van der Waals surface area contributed by atoms with Crippen LogP contribution in [0.15, 0.2) is 133 Å². The maximum atomic E-state index is 13.6. The number of hydrogen-bond acceptors (Lipinski definition) is 6. The first-order chi connectivity index (χ1) is 25.5. The highest BCUT2D eigenvalue weighted by molar-refractivity contribution is 6.23. The van der Waals surface area contributed by atoms with Gasteiger partial charge in [-0.3, -0.25) is 29.0 Å². The SMILES string of the molecule is Cc1ccc(Oc2ccc(C(C)(C)c3ccc(OC4=CCC(N5C(=O)c6ccc(-c7ccc8c(c7)C(=O)N(C)C8=O)cc6C5=O)C=C4)cc3)cc2)cc1. The van der Waals surface area contributed by atoms with Crippen LogP contribution in [-0.2, 0) is 5.41 Å². The second-order valence-corrected chi connectivity index (χ2v) is 14.1. The average Bonchev–Trinajstić information content (AvgIpc) is 3.55. The molecule has 2 aliphatic heterocycles. The van der Waals surface area contributed by atoms with Gasteiger partial charge in [-0.2, -0.15) is 0 Å². The van der Waals surface area contributed by atoms with Crippen LogP contribution in [0.2, 0.25) is 0 Å². The maximum Gasteiger partial charge on any atom is 0.262 e. The number of carbonyl (C=O) groups is 4. The monoisotopic (exact) mass is 700 g/mol. The zero-order valence-corrected chi connectivity index (χ0v) is 29.8. The Balaban J connectivity index is 0.906. The van der Waals surface area contributed by atoms with Crippen LogP contribution in [0.3, 0.4) is 0 Å². The predicted molar refractivity (Wildman–Crippen MR) is 201 cm³/mol. The average molecular weight is 701 g/mol. The first-order valence-electron chi connectivity index (χ1n) is 17.5. The fraction of sp³-hybridized carbons (Fsp3) is 0.156. The number of amides is 4. The van der Waals surface area contributed by atoms with Crippen LogP contribution in [0.25, 0.3) is 11.1 Å². The summed E-state index contributed by atoms with van der Waals surface area (Å²) < 4.78 is 12.2. The molecule has 3 aliphatic rings. The fourth-order valence-electron chi connectivity index (χ4n) is 7.06. The molecular formula is C45H36N2O6. The Morgan fingerprint density at radius 2 is 1.06 bits per heavy atom. The van der Waals surface area contributed by atoms with E-state index in [9.17, 15) is 19.2 Å². The van der Waals surface area contributed by atoms with Crippen molar-refractivity contribution in [3.8, 4) is 28.4 Å². The van der Waals surface area contributed by atoms with Gasteiger partial charge in [0.05, 0.1) is 28.3 Å². The second-order valence-electron chi connectivity index (χ2n) is 14.1. The molecule has 8 heteroatoms. The topological polar surface area (TPSA) is 93.2 Å². The minimum atomic E-state index is -0.464. The smallest absolute Gasteiger partial charge is 0.262 e. The Bertz CT molecular complexity index is 2390. The summed E-state index contributed by atoms with van der Waals surface area (Å²) in [6.07, 6.45) is 5.91. The number of nitrogens with zero attached hydrogens (tertiary/aromatic N) is 2. The molecule has 0 saturated carbocycles. The van der Waals surface area contributed by atoms with E-state index in [1.165, 1.54) is 17.5 Å². The molecule has 0 aromatic heterocycles. The van der Waals surface area contributed by atoms with E-state index in [1.807, 2.05) is 67.6 Å². The molecule has 0 bridgehead atoms. The first kappa shape index (κ1) is 33.6. The Hall–Kier alpha value is -6.54. The van der Waals surface area contributed by atoms with Crippen molar-refractivity contribution in [3.63, 3.8) is 0 Å². The molecule has 0 saturated heterocycles. The molecule has 262 valence electrons. The van der Waals surface area contributed by atoms with Crippen LogP contribution < -0.4 is 9.47 Å². The lowest BCUT2D eigenvalue weighted by atomic mass is 9.78. The number of carbonyl (C=O) groups excluding carboxylic acids is 4. The van der Waals surface area contributed by atoms with Crippen molar-refractivity contribution in [1.82, 2.24) is 9.80 Å². The Kier molecular flexibility index (Phi) is 8.18. The molecule has 8 nitrogen and oxygen atoms in total. The van der Waals surface area contributed by atoms with E-state index in [0.717, 1.165) is 27.5 Å². The number of aryl methyl sites for hydroxylation is 1. The van der Waals surface area contributed by atoms with Gasteiger partial charge in [0.2, 0.25) is 0 Å². The van der Waals surface area contributed by atoms with Gasteiger partial charge in [-0.05, 0) is 108 Å². The van der Waals surface area contributed by atoms with Gasteiger partial charge in [-0.1, -0.05) is 74.0 Å². The third kappa shape index (κ3) is 6.02. The molecule has 0 fully saturated rings. The van der Waals surface area contributed by atoms with Gasteiger partial charge >= 0.3 is 0 Å². The molecule has 5 aromatic carbocycles. The third-order valence-electron chi connectivity index (χ3n) is 10.4. The van der Waals surface area contributed by atoms with Crippen LogP contribution in [-0.4, -0.2) is 46.5 Å². The summed E-state index contributed by atoms with van der Waals surface area (Å²) in [6.45, 7) is 6.42. The van der Waals surface area contributed by atoms with Crippen molar-refractivity contribution in [2.75, 3.05) is 7.05 Å². The number of hydrogen-bond donors (Lipinski definition) is 0. The van der Waals surface area contributed by atoms with Gasteiger partial charge in [0.15, 0.2) is 0 Å². The summed E-state index contributed by atoms with van der Waals surface area (Å²) in [7, 11) is 1.45. The van der Waals surface area contributed by atoms with Crippen molar-refractivity contribution in [2.45, 2.75) is 38.6 Å². The van der Waals surface area contributed by atoms with Gasteiger partial charge in [-0.15, -0.1) is 0 Å². The predicted octanol–water partition coefficient (Wildman–Crippen LogP) is 8.89. The highest BCUT2D eigenvalue weighted by atomic mass is 16.5. The molecule has 53 heavy (non-hydrogen) atoms. The van der Waals surface area contributed by atoms with Crippen molar-refractivity contribution >= 4 is 23.6 Å². The molecule has 8 rings (SSSR count). The number of ether oxygens (including phenoxy) is 2. The lowest BCUT2D eigenvalue weighted by molar-refractivity contribution is 0.0611. The van der Waals surface area contributed by atoms with Crippen molar-refractivity contribution in [1.29, 1.82) is 0 Å². The summed E-state index contributed by atoms with van der Waals surface area (Å²) in [5.74, 6) is 1.46. The summed E-state index contributed by atoms with van der Waals surface area (Å²) in [5, 5.41) is 0. The van der Waals surface area contributed by atoms with Gasteiger partial charge < -0.3 is 9.47 Å². The Labute approximate surface area is 307 Å². The zero-order chi connectivity index (χ0) is 37.0. The highest BCUT2D eigenvalue weighted by Gasteiger charge is 2.40. The van der Waals surface area contributed by atoms with Crippen LogP contribution in [0.4, 0.5) is 0 Å². The number of imide groups is 2. The number of rotatable bonds is 8. The summed E-state index contributed by atoms with van der Waals surface area (Å²) in [4.78, 5) is 54.3. The third-order valence-corrected chi connectivity index (χ3v) is 10.4. The molecule has 1 unspecified atom stereocenters. The highest BCUT2D eigenvalue weighted by Crippen LogP contribution is 2.36. The van der Waals surface area contributed by atoms with E-state index in [2.05, 4.69) is 38.1 Å². The van der Waals surface area contributed by atoms with Gasteiger partial charge in [0.25, 0.3) is 23.6 Å². The largest absolute Gasteiger partial charge is 0.458 e. The van der Waals surface area contributed by atoms with Gasteiger partial charge in [-0.25, -0.2) is 0 Å². The zero-order valence-electron chi connectivity index (χ0n) is 29.8. The molecule has 0 N–H and O–H groups in total. The molecule has 0 spiro atoms. The van der Waals surface area contributed by atoms with E-state index in [0.29, 0.717) is 51.3 Å². The standard InChI is InChI=1S/C45H36N2O6/c1-27-5-15-33(16-6-27)52-34-17-9-30(10-18-34)45(2,3)31-11-19-35(20-12-31)53-36-21-13-32(14-22-36)47-43(50)38-24-8-29(26-40(38)44(47)51)28-7-23-37-39(25-28)42(49)46(4)41(37)48/h5-13,15-26,32H,14H2,1-4H3. The fourth-order valence-corrected chi connectivity index (χ4v) is 7.06. The quantitative estimate of drug-likeness (QED) is 0.150. The molecule has 1 aliphatic carbocycles. The minimum absolute atomic E-state index is 0.261. The van der Waals surface area contributed by atoms with Gasteiger partial charge in [0.1, 0.15) is 23.0 Å². The molecule has 5 aromatic rings. The number of benzene rings is 5. The van der Waals surface area contributed by atoms with Gasteiger partial charge in [0, 0.05) is 12.5 Å². The first-order valence-corrected chi connectivity index (χ1v) is 17.5. The summed E-state index contributed by atoms with van der Waals surface area (Å²) in [5.41, 5.74) is 5.88. The molecule has 1 atom stereocenters. The Morgan fingerprint density at radius 3 is 1.60 bits per heavy atom. The molecule has 4 amide bonds. The van der Waals surface area contributed by atoms with Crippen molar-refractivity contribution < 1.29 is 28.7 Å². The molecule has 2 heterocycles. The second kappa shape index (κ2) is 12.9. The van der Waals surface area contributed by atoms with Crippen molar-refractivity contribution in [2.24, 2.45) is 0 Å². The van der Waals surface area contributed by atoms with Crippen LogP contribution in [0.5, 0.6) is 17.2 Å².